The Labute approximate surface area is 151 Å². The van der Waals surface area contributed by atoms with Gasteiger partial charge in [-0.05, 0) is 63.6 Å². The summed E-state index contributed by atoms with van der Waals surface area (Å²) in [5.74, 6) is 0.410. The molecule has 1 aliphatic rings. The standard InChI is InChI=1S/C20H31N3O2/c1-5-15-6-8-17(9-7-15)18(24)21-14-16-10-12-23(13-11-16)19(25)22-20(2,3)4/h6-9,16H,5,10-14H2,1-4H3,(H,21,24)(H,22,25). The van der Waals surface area contributed by atoms with Crippen molar-refractivity contribution in [2.45, 2.75) is 52.5 Å². The molecule has 0 atom stereocenters. The first-order valence-corrected chi connectivity index (χ1v) is 9.22. The van der Waals surface area contributed by atoms with Gasteiger partial charge >= 0.3 is 6.03 Å². The van der Waals surface area contributed by atoms with Gasteiger partial charge in [0.2, 0.25) is 0 Å². The van der Waals surface area contributed by atoms with E-state index in [0.29, 0.717) is 18.0 Å². The van der Waals surface area contributed by atoms with Gasteiger partial charge in [0.25, 0.3) is 5.91 Å². The highest BCUT2D eigenvalue weighted by molar-refractivity contribution is 5.94. The molecule has 0 bridgehead atoms. The topological polar surface area (TPSA) is 61.4 Å². The fourth-order valence-corrected chi connectivity index (χ4v) is 2.97. The average molecular weight is 345 g/mol. The van der Waals surface area contributed by atoms with Gasteiger partial charge in [-0.3, -0.25) is 4.79 Å². The van der Waals surface area contributed by atoms with E-state index in [1.54, 1.807) is 0 Å². The number of hydrogen-bond donors (Lipinski definition) is 2. The zero-order valence-corrected chi connectivity index (χ0v) is 15.9. The second kappa shape index (κ2) is 8.37. The maximum absolute atomic E-state index is 12.2. The zero-order valence-electron chi connectivity index (χ0n) is 15.9. The lowest BCUT2D eigenvalue weighted by Crippen LogP contribution is -2.51. The molecule has 5 heteroatoms. The lowest BCUT2D eigenvalue weighted by molar-refractivity contribution is 0.0937. The second-order valence-electron chi connectivity index (χ2n) is 7.87. The van der Waals surface area contributed by atoms with Crippen LogP contribution in [0.15, 0.2) is 24.3 Å². The summed E-state index contributed by atoms with van der Waals surface area (Å²) in [5.41, 5.74) is 1.73. The Balaban J connectivity index is 1.74. The minimum atomic E-state index is -0.213. The summed E-state index contributed by atoms with van der Waals surface area (Å²) >= 11 is 0. The third kappa shape index (κ3) is 6.07. The van der Waals surface area contributed by atoms with E-state index in [1.807, 2.05) is 49.9 Å². The van der Waals surface area contributed by atoms with Crippen LogP contribution in [0.4, 0.5) is 4.79 Å². The number of piperidine rings is 1. The Bertz CT molecular complexity index is 582. The van der Waals surface area contributed by atoms with Crippen LogP contribution in [0.1, 0.15) is 56.5 Å². The molecular weight excluding hydrogens is 314 g/mol. The molecule has 1 aromatic rings. The molecule has 1 aromatic carbocycles. The summed E-state index contributed by atoms with van der Waals surface area (Å²) in [4.78, 5) is 26.3. The molecule has 1 saturated heterocycles. The van der Waals surface area contributed by atoms with Crippen molar-refractivity contribution in [3.63, 3.8) is 0 Å². The molecule has 138 valence electrons. The van der Waals surface area contributed by atoms with Crippen molar-refractivity contribution in [2.75, 3.05) is 19.6 Å². The third-order valence-electron chi connectivity index (χ3n) is 4.56. The highest BCUT2D eigenvalue weighted by Gasteiger charge is 2.25. The highest BCUT2D eigenvalue weighted by Crippen LogP contribution is 2.17. The van der Waals surface area contributed by atoms with Crippen LogP contribution in [0.2, 0.25) is 0 Å². The number of carbonyl (C=O) groups is 2. The Morgan fingerprint density at radius 3 is 2.24 bits per heavy atom. The van der Waals surface area contributed by atoms with Gasteiger partial charge in [0.15, 0.2) is 0 Å². The highest BCUT2D eigenvalue weighted by atomic mass is 16.2. The van der Waals surface area contributed by atoms with Crippen molar-refractivity contribution in [3.8, 4) is 0 Å². The molecule has 1 fully saturated rings. The summed E-state index contributed by atoms with van der Waals surface area (Å²) in [5, 5.41) is 6.03. The van der Waals surface area contributed by atoms with Crippen molar-refractivity contribution in [1.82, 2.24) is 15.5 Å². The fraction of sp³-hybridized carbons (Fsp3) is 0.600. The van der Waals surface area contributed by atoms with E-state index >= 15 is 0 Å². The first kappa shape index (κ1) is 19.3. The summed E-state index contributed by atoms with van der Waals surface area (Å²) in [6.45, 7) is 10.2. The summed E-state index contributed by atoms with van der Waals surface area (Å²) in [6, 6.07) is 7.77. The lowest BCUT2D eigenvalue weighted by Gasteiger charge is -2.34. The summed E-state index contributed by atoms with van der Waals surface area (Å²) in [6.07, 6.45) is 2.82. The van der Waals surface area contributed by atoms with Crippen molar-refractivity contribution in [1.29, 1.82) is 0 Å². The van der Waals surface area contributed by atoms with Crippen LogP contribution < -0.4 is 10.6 Å². The Hall–Kier alpha value is -2.04. The van der Waals surface area contributed by atoms with Crippen LogP contribution in [0.25, 0.3) is 0 Å². The number of nitrogens with zero attached hydrogens (tertiary/aromatic N) is 1. The summed E-state index contributed by atoms with van der Waals surface area (Å²) < 4.78 is 0. The van der Waals surface area contributed by atoms with E-state index in [2.05, 4.69) is 17.6 Å². The molecule has 1 aliphatic heterocycles. The second-order valence-corrected chi connectivity index (χ2v) is 7.87. The number of amides is 3. The molecule has 1 heterocycles. The van der Waals surface area contributed by atoms with Crippen molar-refractivity contribution in [2.24, 2.45) is 5.92 Å². The van der Waals surface area contributed by atoms with Crippen LogP contribution >= 0.6 is 0 Å². The summed E-state index contributed by atoms with van der Waals surface area (Å²) in [7, 11) is 0. The minimum absolute atomic E-state index is 0.00556. The molecule has 0 spiro atoms. The van der Waals surface area contributed by atoms with Crippen molar-refractivity contribution in [3.05, 3.63) is 35.4 Å². The Morgan fingerprint density at radius 1 is 1.12 bits per heavy atom. The molecule has 25 heavy (non-hydrogen) atoms. The smallest absolute Gasteiger partial charge is 0.317 e. The third-order valence-corrected chi connectivity index (χ3v) is 4.56. The van der Waals surface area contributed by atoms with Gasteiger partial charge in [0.1, 0.15) is 0 Å². The van der Waals surface area contributed by atoms with Gasteiger partial charge in [-0.25, -0.2) is 4.79 Å². The molecule has 0 aliphatic carbocycles. The molecule has 0 aromatic heterocycles. The number of carbonyl (C=O) groups excluding carboxylic acids is 2. The van der Waals surface area contributed by atoms with E-state index < -0.39 is 0 Å². The number of aryl methyl sites for hydroxylation is 1. The first-order valence-electron chi connectivity index (χ1n) is 9.22. The van der Waals surface area contributed by atoms with E-state index in [-0.39, 0.29) is 17.5 Å². The number of benzene rings is 1. The zero-order chi connectivity index (χ0) is 18.4. The predicted molar refractivity (Wildman–Crippen MR) is 101 cm³/mol. The lowest BCUT2D eigenvalue weighted by atomic mass is 9.96. The largest absolute Gasteiger partial charge is 0.352 e. The number of rotatable bonds is 4. The number of likely N-dealkylation sites (tertiary alicyclic amines) is 1. The van der Waals surface area contributed by atoms with E-state index in [1.165, 1.54) is 5.56 Å². The normalized spacial score (nSPS) is 15.8. The maximum atomic E-state index is 12.2. The van der Waals surface area contributed by atoms with Gasteiger partial charge < -0.3 is 15.5 Å². The molecule has 0 radical (unpaired) electrons. The molecule has 5 nitrogen and oxygen atoms in total. The number of urea groups is 1. The fourth-order valence-electron chi connectivity index (χ4n) is 2.97. The maximum Gasteiger partial charge on any atom is 0.317 e. The minimum Gasteiger partial charge on any atom is -0.352 e. The van der Waals surface area contributed by atoms with E-state index in [4.69, 9.17) is 0 Å². The molecular formula is C20H31N3O2. The Morgan fingerprint density at radius 2 is 1.72 bits per heavy atom. The molecule has 3 amide bonds. The Kier molecular flexibility index (Phi) is 6.45. The van der Waals surface area contributed by atoms with Gasteiger partial charge in [0, 0.05) is 30.7 Å². The van der Waals surface area contributed by atoms with Crippen LogP contribution in [-0.4, -0.2) is 42.0 Å². The average Bonchev–Trinajstić information content (AvgIpc) is 2.58. The van der Waals surface area contributed by atoms with Gasteiger partial charge in [-0.2, -0.15) is 0 Å². The molecule has 0 saturated carbocycles. The van der Waals surface area contributed by atoms with Gasteiger partial charge in [-0.1, -0.05) is 19.1 Å². The van der Waals surface area contributed by atoms with E-state index in [0.717, 1.165) is 32.4 Å². The quantitative estimate of drug-likeness (QED) is 0.880. The van der Waals surface area contributed by atoms with Gasteiger partial charge in [-0.15, -0.1) is 0 Å². The van der Waals surface area contributed by atoms with Crippen LogP contribution in [0.3, 0.4) is 0 Å². The molecule has 0 unspecified atom stereocenters. The van der Waals surface area contributed by atoms with Gasteiger partial charge in [0.05, 0.1) is 0 Å². The van der Waals surface area contributed by atoms with Crippen LogP contribution in [-0.2, 0) is 6.42 Å². The molecule has 2 rings (SSSR count). The van der Waals surface area contributed by atoms with Crippen molar-refractivity contribution >= 4 is 11.9 Å². The van der Waals surface area contributed by atoms with Crippen LogP contribution in [0.5, 0.6) is 0 Å². The number of nitrogens with one attached hydrogen (secondary N) is 2. The van der Waals surface area contributed by atoms with Crippen molar-refractivity contribution < 1.29 is 9.59 Å². The first-order chi connectivity index (χ1) is 11.8. The van der Waals surface area contributed by atoms with E-state index in [9.17, 15) is 9.59 Å². The number of hydrogen-bond acceptors (Lipinski definition) is 2. The SMILES string of the molecule is CCc1ccc(C(=O)NCC2CCN(C(=O)NC(C)(C)C)CC2)cc1. The van der Waals surface area contributed by atoms with Crippen LogP contribution in [0, 0.1) is 5.92 Å². The monoisotopic (exact) mass is 345 g/mol. The molecule has 2 N–H and O–H groups in total. The predicted octanol–water partition coefficient (Wildman–Crippen LogP) is 3.20.